The van der Waals surface area contributed by atoms with Crippen LogP contribution in [0.1, 0.15) is 12.5 Å². The van der Waals surface area contributed by atoms with Crippen LogP contribution in [0.4, 0.5) is 10.5 Å². The van der Waals surface area contributed by atoms with Gasteiger partial charge in [-0.2, -0.15) is 0 Å². The Hall–Kier alpha value is -4.01. The Balaban J connectivity index is 1.44. The standard InChI is InChI=1S/C25H27N5O4/c1-16-15-29-21-22(26-24(29)30(16)19-11-10-18(33-3)14-20(19)34-4)27(2)25(32)28(23(21)31)13-12-17-8-6-5-7-9-17/h5-11,14-15,21-22H,12-13H2,1-4H3. The zero-order valence-electron chi connectivity index (χ0n) is 19.6. The highest BCUT2D eigenvalue weighted by atomic mass is 16.5. The number of likely N-dealkylation sites (N-methyl/N-ethyl adjacent to an activating group) is 1. The number of methoxy groups -OCH3 is 2. The number of allylic oxidation sites excluding steroid dienone is 1. The van der Waals surface area contributed by atoms with Crippen LogP contribution in [-0.4, -0.2) is 72.6 Å². The van der Waals surface area contributed by atoms with E-state index in [1.165, 1.54) is 4.90 Å². The number of rotatable bonds is 6. The summed E-state index contributed by atoms with van der Waals surface area (Å²) in [6.45, 7) is 2.27. The fraction of sp³-hybridized carbons (Fsp3) is 0.320. The molecule has 0 bridgehead atoms. The fourth-order valence-electron chi connectivity index (χ4n) is 4.71. The molecule has 2 aromatic rings. The van der Waals surface area contributed by atoms with Gasteiger partial charge in [0.05, 0.1) is 19.9 Å². The molecule has 3 aliphatic rings. The molecule has 3 heterocycles. The highest BCUT2D eigenvalue weighted by Gasteiger charge is 2.54. The third-order valence-electron chi connectivity index (χ3n) is 6.48. The number of carbonyl (C=O) groups is 2. The molecule has 0 N–H and O–H groups in total. The minimum atomic E-state index is -0.613. The summed E-state index contributed by atoms with van der Waals surface area (Å²) in [6.07, 6.45) is 1.91. The van der Waals surface area contributed by atoms with Gasteiger partial charge in [0.2, 0.25) is 5.96 Å². The van der Waals surface area contributed by atoms with Crippen LogP contribution in [0.25, 0.3) is 0 Å². The summed E-state index contributed by atoms with van der Waals surface area (Å²) in [5.74, 6) is 1.64. The molecule has 1 fully saturated rings. The zero-order chi connectivity index (χ0) is 24.0. The van der Waals surface area contributed by atoms with Crippen molar-refractivity contribution in [3.63, 3.8) is 0 Å². The Labute approximate surface area is 198 Å². The molecular formula is C25H27N5O4. The zero-order valence-corrected chi connectivity index (χ0v) is 19.6. The number of hydrogen-bond donors (Lipinski definition) is 0. The summed E-state index contributed by atoms with van der Waals surface area (Å²) in [6, 6.07) is 14.4. The highest BCUT2D eigenvalue weighted by molar-refractivity contribution is 6.10. The van der Waals surface area contributed by atoms with Crippen molar-refractivity contribution < 1.29 is 19.1 Å². The van der Waals surface area contributed by atoms with Crippen molar-refractivity contribution in [1.29, 1.82) is 0 Å². The second-order valence-electron chi connectivity index (χ2n) is 8.46. The molecule has 9 nitrogen and oxygen atoms in total. The minimum Gasteiger partial charge on any atom is -0.497 e. The number of benzene rings is 2. The number of imide groups is 1. The lowest BCUT2D eigenvalue weighted by molar-refractivity contribution is -0.136. The number of urea groups is 1. The quantitative estimate of drug-likeness (QED) is 0.658. The molecule has 0 saturated carbocycles. The molecule has 2 atom stereocenters. The van der Waals surface area contributed by atoms with Crippen LogP contribution >= 0.6 is 0 Å². The van der Waals surface area contributed by atoms with Crippen molar-refractivity contribution in [3.8, 4) is 11.5 Å². The van der Waals surface area contributed by atoms with Crippen molar-refractivity contribution >= 4 is 23.6 Å². The molecule has 1 saturated heterocycles. The van der Waals surface area contributed by atoms with Gasteiger partial charge >= 0.3 is 6.03 Å². The maximum atomic E-state index is 13.6. The second kappa shape index (κ2) is 8.40. The van der Waals surface area contributed by atoms with Gasteiger partial charge in [-0.3, -0.25) is 14.6 Å². The molecule has 2 unspecified atom stereocenters. The van der Waals surface area contributed by atoms with Gasteiger partial charge in [0.15, 0.2) is 12.2 Å². The number of amides is 3. The third-order valence-corrected chi connectivity index (χ3v) is 6.48. The Bertz CT molecular complexity index is 1200. The molecule has 0 radical (unpaired) electrons. The van der Waals surface area contributed by atoms with E-state index < -0.39 is 12.2 Å². The lowest BCUT2D eigenvalue weighted by atomic mass is 10.1. The molecule has 34 heavy (non-hydrogen) atoms. The van der Waals surface area contributed by atoms with E-state index in [-0.39, 0.29) is 11.9 Å². The number of anilines is 1. The van der Waals surface area contributed by atoms with Gasteiger partial charge in [-0.1, -0.05) is 30.3 Å². The smallest absolute Gasteiger partial charge is 0.328 e. The molecule has 3 aliphatic heterocycles. The van der Waals surface area contributed by atoms with Crippen LogP contribution in [0.2, 0.25) is 0 Å². The van der Waals surface area contributed by atoms with Gasteiger partial charge in [-0.05, 0) is 31.0 Å². The number of nitrogens with zero attached hydrogens (tertiary/aromatic N) is 5. The average molecular weight is 462 g/mol. The number of fused-ring (bicyclic) bond motifs is 3. The van der Waals surface area contributed by atoms with Crippen LogP contribution in [0, 0.1) is 0 Å². The third kappa shape index (κ3) is 3.35. The maximum Gasteiger partial charge on any atom is 0.328 e. The van der Waals surface area contributed by atoms with E-state index in [9.17, 15) is 9.59 Å². The lowest BCUT2D eigenvalue weighted by Crippen LogP contribution is -2.64. The minimum absolute atomic E-state index is 0.240. The lowest BCUT2D eigenvalue weighted by Gasteiger charge is -2.40. The largest absolute Gasteiger partial charge is 0.497 e. The molecule has 0 aliphatic carbocycles. The SMILES string of the molecule is COc1ccc(N2C(C)=CN3C2=NC2C3C(=O)N(CCc3ccccc3)C(=O)N2C)c(OC)c1. The molecular weight excluding hydrogens is 434 g/mol. The van der Waals surface area contributed by atoms with Crippen LogP contribution in [0.5, 0.6) is 11.5 Å². The highest BCUT2D eigenvalue weighted by Crippen LogP contribution is 2.41. The number of carbonyl (C=O) groups excluding carboxylic acids is 2. The van der Waals surface area contributed by atoms with Crippen molar-refractivity contribution in [2.75, 3.05) is 32.7 Å². The Morgan fingerprint density at radius 2 is 1.79 bits per heavy atom. The molecule has 9 heteroatoms. The van der Waals surface area contributed by atoms with Gasteiger partial charge in [0.25, 0.3) is 5.91 Å². The molecule has 3 amide bonds. The normalized spacial score (nSPS) is 21.4. The van der Waals surface area contributed by atoms with Gasteiger partial charge < -0.3 is 19.3 Å². The predicted molar refractivity (Wildman–Crippen MR) is 128 cm³/mol. The van der Waals surface area contributed by atoms with E-state index >= 15 is 0 Å². The van der Waals surface area contributed by atoms with Gasteiger partial charge in [-0.15, -0.1) is 0 Å². The van der Waals surface area contributed by atoms with E-state index in [1.807, 2.05) is 65.4 Å². The second-order valence-corrected chi connectivity index (χ2v) is 8.46. The van der Waals surface area contributed by atoms with Crippen molar-refractivity contribution in [2.24, 2.45) is 4.99 Å². The monoisotopic (exact) mass is 461 g/mol. The maximum absolute atomic E-state index is 13.6. The first-order chi connectivity index (χ1) is 16.4. The number of guanidine groups is 1. The number of ether oxygens (including phenoxy) is 2. The summed E-state index contributed by atoms with van der Waals surface area (Å²) in [5, 5.41) is 0. The summed E-state index contributed by atoms with van der Waals surface area (Å²) < 4.78 is 10.9. The number of aliphatic imine (C=N–C) groups is 1. The van der Waals surface area contributed by atoms with Crippen molar-refractivity contribution in [3.05, 3.63) is 66.0 Å². The molecule has 176 valence electrons. The Kier molecular flexibility index (Phi) is 5.39. The van der Waals surface area contributed by atoms with Gasteiger partial charge in [0.1, 0.15) is 11.5 Å². The first-order valence-electron chi connectivity index (χ1n) is 11.1. The summed E-state index contributed by atoms with van der Waals surface area (Å²) in [4.78, 5) is 38.2. The van der Waals surface area contributed by atoms with E-state index in [0.717, 1.165) is 16.9 Å². The van der Waals surface area contributed by atoms with E-state index in [4.69, 9.17) is 14.5 Å². The van der Waals surface area contributed by atoms with Crippen LogP contribution in [0.3, 0.4) is 0 Å². The van der Waals surface area contributed by atoms with Crippen molar-refractivity contribution in [2.45, 2.75) is 25.6 Å². The van der Waals surface area contributed by atoms with Crippen LogP contribution in [0.15, 0.2) is 65.4 Å². The topological polar surface area (TPSA) is 77.9 Å². The summed E-state index contributed by atoms with van der Waals surface area (Å²) in [5.41, 5.74) is 2.74. The van der Waals surface area contributed by atoms with E-state index in [1.54, 1.807) is 32.2 Å². The van der Waals surface area contributed by atoms with E-state index in [0.29, 0.717) is 30.4 Å². The Morgan fingerprint density at radius 1 is 1.03 bits per heavy atom. The molecule has 0 spiro atoms. The first kappa shape index (κ1) is 21.8. The Morgan fingerprint density at radius 3 is 2.50 bits per heavy atom. The molecule has 0 aromatic heterocycles. The van der Waals surface area contributed by atoms with Crippen LogP contribution in [-0.2, 0) is 11.2 Å². The average Bonchev–Trinajstić information content (AvgIpc) is 3.37. The van der Waals surface area contributed by atoms with Crippen molar-refractivity contribution in [1.82, 2.24) is 14.7 Å². The fourth-order valence-corrected chi connectivity index (χ4v) is 4.71. The predicted octanol–water partition coefficient (Wildman–Crippen LogP) is 2.89. The van der Waals surface area contributed by atoms with Gasteiger partial charge in [-0.25, -0.2) is 9.79 Å². The molecule has 2 aromatic carbocycles. The first-order valence-corrected chi connectivity index (χ1v) is 11.1. The number of hydrogen-bond acceptors (Lipinski definition) is 7. The van der Waals surface area contributed by atoms with Crippen LogP contribution < -0.4 is 14.4 Å². The van der Waals surface area contributed by atoms with E-state index in [2.05, 4.69) is 0 Å². The summed E-state index contributed by atoms with van der Waals surface area (Å²) in [7, 11) is 4.90. The van der Waals surface area contributed by atoms with Gasteiger partial charge in [0, 0.05) is 31.6 Å². The molecule has 5 rings (SSSR count). The summed E-state index contributed by atoms with van der Waals surface area (Å²) >= 11 is 0.